The van der Waals surface area contributed by atoms with Crippen LogP contribution in [0.2, 0.25) is 0 Å². The summed E-state index contributed by atoms with van der Waals surface area (Å²) in [5, 5.41) is 3.48. The van der Waals surface area contributed by atoms with Gasteiger partial charge in [0.05, 0.1) is 25.2 Å². The van der Waals surface area contributed by atoms with Gasteiger partial charge in [-0.15, -0.1) is 0 Å². The van der Waals surface area contributed by atoms with Crippen molar-refractivity contribution in [1.82, 2.24) is 19.8 Å². The molecule has 0 amide bonds. The van der Waals surface area contributed by atoms with Crippen LogP contribution in [0.3, 0.4) is 0 Å². The lowest BCUT2D eigenvalue weighted by Gasteiger charge is -2.26. The van der Waals surface area contributed by atoms with Gasteiger partial charge in [0, 0.05) is 32.4 Å². The topological polar surface area (TPSA) is 42.3 Å². The number of ether oxygens (including phenoxy) is 1. The highest BCUT2D eigenvalue weighted by atomic mass is 16.5. The van der Waals surface area contributed by atoms with E-state index >= 15 is 0 Å². The van der Waals surface area contributed by atoms with Gasteiger partial charge in [0.15, 0.2) is 0 Å². The summed E-state index contributed by atoms with van der Waals surface area (Å²) in [4.78, 5) is 6.64. The van der Waals surface area contributed by atoms with Gasteiger partial charge >= 0.3 is 0 Å². The first-order chi connectivity index (χ1) is 8.90. The predicted molar refractivity (Wildman–Crippen MR) is 71.5 cm³/mol. The quantitative estimate of drug-likeness (QED) is 0.726. The largest absolute Gasteiger partial charge is 0.379 e. The SMILES string of the molecule is CCn1cncc1CNCCCN1CCOCC1. The summed E-state index contributed by atoms with van der Waals surface area (Å²) in [6.07, 6.45) is 5.03. The van der Waals surface area contributed by atoms with Gasteiger partial charge in [0.1, 0.15) is 0 Å². The standard InChI is InChI=1S/C13H24N4O/c1-2-17-12-15-11-13(17)10-14-4-3-5-16-6-8-18-9-7-16/h11-12,14H,2-10H2,1H3. The van der Waals surface area contributed by atoms with E-state index in [1.165, 1.54) is 18.7 Å². The molecule has 2 rings (SSSR count). The molecule has 5 nitrogen and oxygen atoms in total. The lowest BCUT2D eigenvalue weighted by molar-refractivity contribution is 0.0374. The Morgan fingerprint density at radius 3 is 3.00 bits per heavy atom. The van der Waals surface area contributed by atoms with E-state index in [9.17, 15) is 0 Å². The second kappa shape index (κ2) is 7.51. The molecular weight excluding hydrogens is 228 g/mol. The first-order valence-electron chi connectivity index (χ1n) is 6.90. The van der Waals surface area contributed by atoms with E-state index in [2.05, 4.69) is 26.7 Å². The minimum absolute atomic E-state index is 0.892. The summed E-state index contributed by atoms with van der Waals surface area (Å²) in [6, 6.07) is 0. The van der Waals surface area contributed by atoms with E-state index in [-0.39, 0.29) is 0 Å². The second-order valence-corrected chi connectivity index (χ2v) is 4.66. The van der Waals surface area contributed by atoms with Crippen molar-refractivity contribution in [2.24, 2.45) is 0 Å². The molecule has 0 atom stereocenters. The van der Waals surface area contributed by atoms with Crippen LogP contribution in [0, 0.1) is 0 Å². The zero-order valence-corrected chi connectivity index (χ0v) is 11.3. The summed E-state index contributed by atoms with van der Waals surface area (Å²) < 4.78 is 7.51. The predicted octanol–water partition coefficient (Wildman–Crippen LogP) is 0.715. The molecule has 0 aromatic carbocycles. The van der Waals surface area contributed by atoms with Gasteiger partial charge in [-0.25, -0.2) is 4.98 Å². The Balaban J connectivity index is 1.55. The van der Waals surface area contributed by atoms with Gasteiger partial charge in [-0.3, -0.25) is 4.90 Å². The fraction of sp³-hybridized carbons (Fsp3) is 0.769. The van der Waals surface area contributed by atoms with Gasteiger partial charge in [0.2, 0.25) is 0 Å². The van der Waals surface area contributed by atoms with Crippen molar-refractivity contribution in [1.29, 1.82) is 0 Å². The smallest absolute Gasteiger partial charge is 0.0948 e. The minimum Gasteiger partial charge on any atom is -0.379 e. The zero-order chi connectivity index (χ0) is 12.6. The monoisotopic (exact) mass is 252 g/mol. The van der Waals surface area contributed by atoms with Crippen LogP contribution in [0.25, 0.3) is 0 Å². The van der Waals surface area contributed by atoms with Crippen molar-refractivity contribution in [3.8, 4) is 0 Å². The number of aromatic nitrogens is 2. The minimum atomic E-state index is 0.892. The van der Waals surface area contributed by atoms with Crippen LogP contribution in [-0.2, 0) is 17.8 Å². The summed E-state index contributed by atoms with van der Waals surface area (Å²) in [5.41, 5.74) is 1.27. The van der Waals surface area contributed by atoms with Crippen molar-refractivity contribution >= 4 is 0 Å². The molecule has 1 fully saturated rings. The lowest BCUT2D eigenvalue weighted by Crippen LogP contribution is -2.37. The van der Waals surface area contributed by atoms with E-state index < -0.39 is 0 Å². The maximum Gasteiger partial charge on any atom is 0.0948 e. The Morgan fingerprint density at radius 1 is 1.39 bits per heavy atom. The van der Waals surface area contributed by atoms with E-state index in [4.69, 9.17) is 4.74 Å². The highest BCUT2D eigenvalue weighted by Crippen LogP contribution is 1.99. The third-order valence-corrected chi connectivity index (χ3v) is 3.38. The summed E-state index contributed by atoms with van der Waals surface area (Å²) >= 11 is 0. The Bertz CT molecular complexity index is 333. The van der Waals surface area contributed by atoms with Crippen LogP contribution in [0.4, 0.5) is 0 Å². The third-order valence-electron chi connectivity index (χ3n) is 3.38. The fourth-order valence-corrected chi connectivity index (χ4v) is 2.25. The van der Waals surface area contributed by atoms with E-state index in [0.717, 1.165) is 45.9 Å². The Labute approximate surface area is 109 Å². The molecular formula is C13H24N4O. The Morgan fingerprint density at radius 2 is 2.22 bits per heavy atom. The molecule has 0 bridgehead atoms. The van der Waals surface area contributed by atoms with E-state index in [1.54, 1.807) is 0 Å². The Hall–Kier alpha value is -0.910. The van der Waals surface area contributed by atoms with Gasteiger partial charge in [-0.1, -0.05) is 0 Å². The molecule has 2 heterocycles. The molecule has 18 heavy (non-hydrogen) atoms. The molecule has 5 heteroatoms. The van der Waals surface area contributed by atoms with Gasteiger partial charge < -0.3 is 14.6 Å². The number of hydrogen-bond acceptors (Lipinski definition) is 4. The van der Waals surface area contributed by atoms with Crippen molar-refractivity contribution in [3.05, 3.63) is 18.2 Å². The summed E-state index contributed by atoms with van der Waals surface area (Å²) in [5.74, 6) is 0. The van der Waals surface area contributed by atoms with Gasteiger partial charge in [-0.05, 0) is 26.4 Å². The molecule has 1 saturated heterocycles. The third kappa shape index (κ3) is 4.08. The van der Waals surface area contributed by atoms with Crippen LogP contribution >= 0.6 is 0 Å². The zero-order valence-electron chi connectivity index (χ0n) is 11.3. The van der Waals surface area contributed by atoms with Crippen molar-refractivity contribution in [2.75, 3.05) is 39.4 Å². The molecule has 102 valence electrons. The maximum absolute atomic E-state index is 5.33. The van der Waals surface area contributed by atoms with Crippen molar-refractivity contribution in [3.63, 3.8) is 0 Å². The van der Waals surface area contributed by atoms with Crippen LogP contribution in [0.5, 0.6) is 0 Å². The number of hydrogen-bond donors (Lipinski definition) is 1. The molecule has 1 N–H and O–H groups in total. The van der Waals surface area contributed by atoms with E-state index in [1.807, 2.05) is 12.5 Å². The normalized spacial score (nSPS) is 17.2. The summed E-state index contributed by atoms with van der Waals surface area (Å²) in [7, 11) is 0. The van der Waals surface area contributed by atoms with Crippen LogP contribution in [-0.4, -0.2) is 53.8 Å². The van der Waals surface area contributed by atoms with Crippen molar-refractivity contribution < 1.29 is 4.74 Å². The number of imidazole rings is 1. The molecule has 1 aromatic rings. The number of nitrogens with zero attached hydrogens (tertiary/aromatic N) is 3. The number of nitrogens with one attached hydrogen (secondary N) is 1. The van der Waals surface area contributed by atoms with Gasteiger partial charge in [0.25, 0.3) is 0 Å². The molecule has 1 aromatic heterocycles. The Kier molecular flexibility index (Phi) is 5.64. The maximum atomic E-state index is 5.33. The highest BCUT2D eigenvalue weighted by Gasteiger charge is 2.08. The first kappa shape index (κ1) is 13.5. The van der Waals surface area contributed by atoms with Gasteiger partial charge in [-0.2, -0.15) is 0 Å². The average molecular weight is 252 g/mol. The number of aryl methyl sites for hydroxylation is 1. The molecule has 1 aliphatic rings. The van der Waals surface area contributed by atoms with Crippen LogP contribution < -0.4 is 5.32 Å². The number of rotatable bonds is 7. The van der Waals surface area contributed by atoms with Crippen LogP contribution in [0.1, 0.15) is 19.0 Å². The summed E-state index contributed by atoms with van der Waals surface area (Å²) in [6.45, 7) is 10.2. The first-order valence-corrected chi connectivity index (χ1v) is 6.90. The van der Waals surface area contributed by atoms with Crippen molar-refractivity contribution in [2.45, 2.75) is 26.4 Å². The average Bonchev–Trinajstić information content (AvgIpc) is 2.87. The van der Waals surface area contributed by atoms with Crippen LogP contribution in [0.15, 0.2) is 12.5 Å². The second-order valence-electron chi connectivity index (χ2n) is 4.66. The molecule has 0 unspecified atom stereocenters. The number of morpholine rings is 1. The molecule has 0 radical (unpaired) electrons. The van der Waals surface area contributed by atoms with E-state index in [0.29, 0.717) is 0 Å². The molecule has 0 aliphatic carbocycles. The highest BCUT2D eigenvalue weighted by molar-refractivity contribution is 4.97. The molecule has 0 saturated carbocycles. The lowest BCUT2D eigenvalue weighted by atomic mass is 10.3. The molecule has 0 spiro atoms. The molecule has 1 aliphatic heterocycles. The fourth-order valence-electron chi connectivity index (χ4n) is 2.25.